The van der Waals surface area contributed by atoms with Gasteiger partial charge in [0.1, 0.15) is 0 Å². The zero-order valence-corrected chi connectivity index (χ0v) is 11.9. The van der Waals surface area contributed by atoms with E-state index >= 15 is 0 Å². The van der Waals surface area contributed by atoms with Gasteiger partial charge in [-0.2, -0.15) is 0 Å². The Morgan fingerprint density at radius 2 is 2.06 bits per heavy atom. The summed E-state index contributed by atoms with van der Waals surface area (Å²) >= 11 is 0. The molecule has 0 aliphatic carbocycles. The summed E-state index contributed by atoms with van der Waals surface area (Å²) in [5, 5.41) is 0. The molecule has 4 nitrogen and oxygen atoms in total. The van der Waals surface area contributed by atoms with Crippen LogP contribution in [-0.2, 0) is 16.4 Å². The summed E-state index contributed by atoms with van der Waals surface area (Å²) in [4.78, 5) is 0. The van der Waals surface area contributed by atoms with Crippen molar-refractivity contribution in [2.45, 2.75) is 27.2 Å². The Morgan fingerprint density at radius 3 is 2.67 bits per heavy atom. The lowest BCUT2D eigenvalue weighted by molar-refractivity contribution is 0.578. The van der Waals surface area contributed by atoms with Crippen molar-refractivity contribution in [2.75, 3.05) is 22.3 Å². The van der Waals surface area contributed by atoms with Gasteiger partial charge >= 0.3 is 0 Å². The third-order valence-corrected chi connectivity index (χ3v) is 5.34. The van der Waals surface area contributed by atoms with Crippen LogP contribution in [0.25, 0.3) is 0 Å². The zero-order valence-electron chi connectivity index (χ0n) is 11.1. The lowest BCUT2D eigenvalue weighted by Gasteiger charge is -2.21. The molecule has 0 radical (unpaired) electrons. The smallest absolute Gasteiger partial charge is 0.235 e. The monoisotopic (exact) mass is 268 g/mol. The normalized spacial score (nSPS) is 15.2. The lowest BCUT2D eigenvalue weighted by atomic mass is 10.1. The zero-order chi connectivity index (χ0) is 13.5. The topological polar surface area (TPSA) is 63.4 Å². The fourth-order valence-electron chi connectivity index (χ4n) is 2.35. The molecule has 1 aliphatic heterocycles. The standard InChI is InChI=1S/C13H20N2O2S/c1-9(2)8-18(16,17)15-5-4-11-6-10(3)12(14)7-13(11)15/h6-7,9H,4-5,8,14H2,1-3H3. The summed E-state index contributed by atoms with van der Waals surface area (Å²) in [6.07, 6.45) is 0.772. The molecule has 0 unspecified atom stereocenters. The van der Waals surface area contributed by atoms with Crippen molar-refractivity contribution >= 4 is 21.4 Å². The Kier molecular flexibility index (Phi) is 3.27. The second-order valence-electron chi connectivity index (χ2n) is 5.33. The Hall–Kier alpha value is -1.23. The van der Waals surface area contributed by atoms with Crippen LogP contribution in [0.15, 0.2) is 12.1 Å². The number of nitrogens with zero attached hydrogens (tertiary/aromatic N) is 1. The van der Waals surface area contributed by atoms with Gasteiger partial charge in [0, 0.05) is 12.2 Å². The number of aryl methyl sites for hydroxylation is 1. The van der Waals surface area contributed by atoms with Crippen molar-refractivity contribution < 1.29 is 8.42 Å². The molecule has 0 spiro atoms. The van der Waals surface area contributed by atoms with E-state index in [9.17, 15) is 8.42 Å². The minimum atomic E-state index is -3.22. The Balaban J connectivity index is 2.40. The number of nitrogen functional groups attached to an aromatic ring is 1. The van der Waals surface area contributed by atoms with Crippen molar-refractivity contribution in [3.8, 4) is 0 Å². The summed E-state index contributed by atoms with van der Waals surface area (Å²) in [7, 11) is -3.22. The fourth-order valence-corrected chi connectivity index (χ4v) is 4.21. The number of fused-ring (bicyclic) bond motifs is 1. The summed E-state index contributed by atoms with van der Waals surface area (Å²) in [5.74, 6) is 0.307. The highest BCUT2D eigenvalue weighted by molar-refractivity contribution is 7.92. The van der Waals surface area contributed by atoms with Gasteiger partial charge in [-0.25, -0.2) is 8.42 Å². The molecule has 0 atom stereocenters. The van der Waals surface area contributed by atoms with Crippen molar-refractivity contribution in [3.63, 3.8) is 0 Å². The first-order valence-electron chi connectivity index (χ1n) is 6.20. The first-order chi connectivity index (χ1) is 8.31. The first-order valence-corrected chi connectivity index (χ1v) is 7.81. The van der Waals surface area contributed by atoms with E-state index in [2.05, 4.69) is 0 Å². The van der Waals surface area contributed by atoms with Gasteiger partial charge in [0.15, 0.2) is 0 Å². The van der Waals surface area contributed by atoms with Gasteiger partial charge in [0.05, 0.1) is 11.4 Å². The quantitative estimate of drug-likeness (QED) is 0.852. The van der Waals surface area contributed by atoms with E-state index in [1.165, 1.54) is 4.31 Å². The number of benzene rings is 1. The number of anilines is 2. The van der Waals surface area contributed by atoms with Gasteiger partial charge in [-0.15, -0.1) is 0 Å². The van der Waals surface area contributed by atoms with Crippen LogP contribution in [0.5, 0.6) is 0 Å². The van der Waals surface area contributed by atoms with E-state index < -0.39 is 10.0 Å². The van der Waals surface area contributed by atoms with Crippen molar-refractivity contribution in [1.82, 2.24) is 0 Å². The molecule has 1 aromatic carbocycles. The van der Waals surface area contributed by atoms with Crippen LogP contribution >= 0.6 is 0 Å². The second kappa shape index (κ2) is 4.46. The highest BCUT2D eigenvalue weighted by Gasteiger charge is 2.30. The molecule has 5 heteroatoms. The molecule has 0 saturated heterocycles. The van der Waals surface area contributed by atoms with Gasteiger partial charge in [0.2, 0.25) is 10.0 Å². The molecular formula is C13H20N2O2S. The third-order valence-electron chi connectivity index (χ3n) is 3.20. The molecule has 0 amide bonds. The predicted octanol–water partition coefficient (Wildman–Crippen LogP) is 1.93. The molecule has 1 aromatic rings. The molecule has 2 N–H and O–H groups in total. The van der Waals surface area contributed by atoms with Crippen LogP contribution in [0.1, 0.15) is 25.0 Å². The largest absolute Gasteiger partial charge is 0.398 e. The molecule has 0 bridgehead atoms. The number of hydrogen-bond acceptors (Lipinski definition) is 3. The minimum Gasteiger partial charge on any atom is -0.398 e. The van der Waals surface area contributed by atoms with Crippen LogP contribution in [0.2, 0.25) is 0 Å². The summed E-state index contributed by atoms with van der Waals surface area (Å²) < 4.78 is 26.1. The van der Waals surface area contributed by atoms with Crippen LogP contribution in [0.4, 0.5) is 11.4 Å². The molecule has 0 aromatic heterocycles. The van der Waals surface area contributed by atoms with E-state index in [4.69, 9.17) is 5.73 Å². The Morgan fingerprint density at radius 1 is 1.39 bits per heavy atom. The molecule has 100 valence electrons. The summed E-state index contributed by atoms with van der Waals surface area (Å²) in [5.41, 5.74) is 9.38. The third kappa shape index (κ3) is 2.32. The van der Waals surface area contributed by atoms with Crippen LogP contribution in [0.3, 0.4) is 0 Å². The van der Waals surface area contributed by atoms with Gasteiger partial charge in [-0.3, -0.25) is 4.31 Å². The average Bonchev–Trinajstić information content (AvgIpc) is 2.60. The SMILES string of the molecule is Cc1cc2c(cc1N)N(S(=O)(=O)CC(C)C)CC2. The van der Waals surface area contributed by atoms with Gasteiger partial charge < -0.3 is 5.73 Å². The summed E-state index contributed by atoms with van der Waals surface area (Å²) in [6.45, 7) is 6.31. The second-order valence-corrected chi connectivity index (χ2v) is 7.27. The maximum absolute atomic E-state index is 12.3. The van der Waals surface area contributed by atoms with Gasteiger partial charge in [-0.1, -0.05) is 19.9 Å². The van der Waals surface area contributed by atoms with E-state index in [0.29, 0.717) is 12.2 Å². The predicted molar refractivity (Wildman–Crippen MR) is 75.3 cm³/mol. The van der Waals surface area contributed by atoms with E-state index in [0.717, 1.165) is 23.2 Å². The molecular weight excluding hydrogens is 248 g/mol. The molecule has 1 heterocycles. The summed E-state index contributed by atoms with van der Waals surface area (Å²) in [6, 6.07) is 3.78. The number of nitrogens with two attached hydrogens (primary N) is 1. The maximum Gasteiger partial charge on any atom is 0.235 e. The highest BCUT2D eigenvalue weighted by Crippen LogP contribution is 2.34. The molecule has 0 fully saturated rings. The Labute approximate surface area is 109 Å². The minimum absolute atomic E-state index is 0.127. The highest BCUT2D eigenvalue weighted by atomic mass is 32.2. The van der Waals surface area contributed by atoms with Crippen molar-refractivity contribution in [2.24, 2.45) is 5.92 Å². The van der Waals surface area contributed by atoms with Crippen molar-refractivity contribution in [1.29, 1.82) is 0 Å². The Bertz CT molecular complexity index is 565. The van der Waals surface area contributed by atoms with Crippen molar-refractivity contribution in [3.05, 3.63) is 23.3 Å². The van der Waals surface area contributed by atoms with Crippen LogP contribution in [0, 0.1) is 12.8 Å². The molecule has 18 heavy (non-hydrogen) atoms. The average molecular weight is 268 g/mol. The fraction of sp³-hybridized carbons (Fsp3) is 0.538. The number of rotatable bonds is 3. The molecule has 2 rings (SSSR count). The molecule has 0 saturated carbocycles. The first kappa shape index (κ1) is 13.2. The van der Waals surface area contributed by atoms with Gasteiger partial charge in [-0.05, 0) is 36.5 Å². The molecule has 1 aliphatic rings. The van der Waals surface area contributed by atoms with E-state index in [1.54, 1.807) is 6.07 Å². The van der Waals surface area contributed by atoms with E-state index in [1.807, 2.05) is 26.8 Å². The van der Waals surface area contributed by atoms with E-state index in [-0.39, 0.29) is 11.7 Å². The number of sulfonamides is 1. The van der Waals surface area contributed by atoms with Crippen LogP contribution < -0.4 is 10.0 Å². The van der Waals surface area contributed by atoms with Crippen LogP contribution in [-0.4, -0.2) is 20.7 Å². The lowest BCUT2D eigenvalue weighted by Crippen LogP contribution is -2.33. The maximum atomic E-state index is 12.3. The number of hydrogen-bond donors (Lipinski definition) is 1. The van der Waals surface area contributed by atoms with Gasteiger partial charge in [0.25, 0.3) is 0 Å².